The van der Waals surface area contributed by atoms with Crippen LogP contribution in [0.5, 0.6) is 0 Å². The van der Waals surface area contributed by atoms with Crippen LogP contribution in [-0.2, 0) is 9.59 Å². The number of rotatable bonds is 6. The molecule has 0 aromatic rings. The van der Waals surface area contributed by atoms with Crippen LogP contribution < -0.4 is 0 Å². The average molecular weight is 489 g/mol. The summed E-state index contributed by atoms with van der Waals surface area (Å²) in [7, 11) is 0. The van der Waals surface area contributed by atoms with Gasteiger partial charge < -0.3 is 15.3 Å². The number of hydrogen-bond donors (Lipinski definition) is 3. The molecule has 4 rings (SSSR count). The molecule has 3 N–H and O–H groups in total. The number of aliphatic hydroxyl groups excluding tert-OH is 1. The van der Waals surface area contributed by atoms with Crippen LogP contribution in [0.2, 0.25) is 0 Å². The van der Waals surface area contributed by atoms with Gasteiger partial charge in [0.05, 0.1) is 17.6 Å². The number of carbonyl (C=O) groups excluding carboxylic acids is 1. The molecule has 0 bridgehead atoms. The van der Waals surface area contributed by atoms with Crippen LogP contribution in [0.15, 0.2) is 11.1 Å². The van der Waals surface area contributed by atoms with E-state index < -0.39 is 23.6 Å². The zero-order valence-corrected chi connectivity index (χ0v) is 23.0. The van der Waals surface area contributed by atoms with Crippen molar-refractivity contribution in [1.82, 2.24) is 0 Å². The highest BCUT2D eigenvalue weighted by molar-refractivity contribution is 5.85. The second-order valence-electron chi connectivity index (χ2n) is 14.2. The first kappa shape index (κ1) is 26.9. The van der Waals surface area contributed by atoms with Crippen LogP contribution in [0.1, 0.15) is 113 Å². The van der Waals surface area contributed by atoms with Crippen LogP contribution in [0.4, 0.5) is 0 Å². The number of carboxylic acids is 1. The summed E-state index contributed by atoms with van der Waals surface area (Å²) in [5.41, 5.74) is 1.62. The summed E-state index contributed by atoms with van der Waals surface area (Å²) in [4.78, 5) is 25.3. The third kappa shape index (κ3) is 3.86. The lowest BCUT2D eigenvalue weighted by Crippen LogP contribution is -2.54. The first-order chi connectivity index (χ1) is 16.0. The van der Waals surface area contributed by atoms with E-state index in [0.29, 0.717) is 31.0 Å². The van der Waals surface area contributed by atoms with Crippen molar-refractivity contribution >= 4 is 11.8 Å². The molecule has 0 saturated heterocycles. The lowest BCUT2D eigenvalue weighted by molar-refractivity contribution is -0.147. The van der Waals surface area contributed by atoms with Gasteiger partial charge in [-0.25, -0.2) is 0 Å². The van der Waals surface area contributed by atoms with Gasteiger partial charge in [-0.2, -0.15) is 0 Å². The molecule has 5 heteroatoms. The van der Waals surface area contributed by atoms with Gasteiger partial charge in [0.25, 0.3) is 0 Å². The van der Waals surface area contributed by atoms with E-state index in [-0.39, 0.29) is 27.6 Å². The second kappa shape index (κ2) is 8.41. The highest BCUT2D eigenvalue weighted by atomic mass is 16.4. The fraction of sp³-hybridized carbons (Fsp3) is 0.867. The normalized spacial score (nSPS) is 40.5. The van der Waals surface area contributed by atoms with Crippen molar-refractivity contribution in [3.63, 3.8) is 0 Å². The Morgan fingerprint density at radius 3 is 2.23 bits per heavy atom. The van der Waals surface area contributed by atoms with Crippen LogP contribution in [0.25, 0.3) is 0 Å². The SMILES string of the molecule is CC(C)(O)[C@@H](O)CC[C@H](C(=O)O)[C@H]1CC[C@@]2(C)C3=C(CC[C@]12C)[C@@]1(C)CCC(=O)C(C)(C)[C@@H]1CC3. The minimum absolute atomic E-state index is 0.0204. The molecule has 0 radical (unpaired) electrons. The topological polar surface area (TPSA) is 94.8 Å². The predicted octanol–water partition coefficient (Wildman–Crippen LogP) is 5.92. The van der Waals surface area contributed by atoms with Crippen LogP contribution in [-0.4, -0.2) is 38.8 Å². The molecule has 2 saturated carbocycles. The molecular weight excluding hydrogens is 440 g/mol. The zero-order chi connectivity index (χ0) is 26.2. The van der Waals surface area contributed by atoms with E-state index in [1.54, 1.807) is 25.0 Å². The van der Waals surface area contributed by atoms with Crippen LogP contribution in [0, 0.1) is 39.4 Å². The maximum Gasteiger partial charge on any atom is 0.306 e. The third-order valence-corrected chi connectivity index (χ3v) is 11.9. The number of ketones is 1. The van der Waals surface area contributed by atoms with Gasteiger partial charge >= 0.3 is 5.97 Å². The van der Waals surface area contributed by atoms with Gasteiger partial charge in [0.15, 0.2) is 0 Å². The van der Waals surface area contributed by atoms with Crippen molar-refractivity contribution in [2.45, 2.75) is 124 Å². The van der Waals surface area contributed by atoms with Gasteiger partial charge in [0, 0.05) is 11.8 Å². The summed E-state index contributed by atoms with van der Waals surface area (Å²) in [5.74, 6) is -0.432. The van der Waals surface area contributed by atoms with E-state index in [2.05, 4.69) is 34.6 Å². The average Bonchev–Trinajstić information content (AvgIpc) is 3.02. The van der Waals surface area contributed by atoms with Crippen LogP contribution in [0.3, 0.4) is 0 Å². The Kier molecular flexibility index (Phi) is 6.45. The number of carboxylic acid groups (broad SMARTS) is 1. The molecule has 0 spiro atoms. The second-order valence-corrected chi connectivity index (χ2v) is 14.2. The van der Waals surface area contributed by atoms with Crippen molar-refractivity contribution in [3.8, 4) is 0 Å². The van der Waals surface area contributed by atoms with Gasteiger partial charge in [-0.1, -0.05) is 45.8 Å². The van der Waals surface area contributed by atoms with Gasteiger partial charge in [-0.3, -0.25) is 9.59 Å². The van der Waals surface area contributed by atoms with E-state index in [0.717, 1.165) is 44.9 Å². The summed E-state index contributed by atoms with van der Waals surface area (Å²) >= 11 is 0. The van der Waals surface area contributed by atoms with Gasteiger partial charge in [-0.15, -0.1) is 0 Å². The fourth-order valence-corrected chi connectivity index (χ4v) is 9.36. The zero-order valence-electron chi connectivity index (χ0n) is 23.0. The Morgan fingerprint density at radius 1 is 0.971 bits per heavy atom. The summed E-state index contributed by atoms with van der Waals surface area (Å²) in [6.07, 6.45) is 7.33. The smallest absolute Gasteiger partial charge is 0.306 e. The standard InChI is InChI=1S/C30H48O5/c1-26(2)22-10-9-21-20(28(22,5)15-14-23(26)31)13-17-29(6)19(12-16-30(21,29)7)18(25(33)34)8-11-24(32)27(3,4)35/h18-19,22,24,32,35H,8-17H2,1-7H3,(H,33,34)/t18-,19+,22-,24-,28+,29+,30-/m0/s1. The number of aliphatic hydroxyl groups is 2. The lowest BCUT2D eigenvalue weighted by Gasteiger charge is -2.60. The maximum absolute atomic E-state index is 12.8. The summed E-state index contributed by atoms with van der Waals surface area (Å²) in [6.45, 7) is 14.6. The fourth-order valence-electron chi connectivity index (χ4n) is 9.36. The maximum atomic E-state index is 12.8. The van der Waals surface area contributed by atoms with Crippen molar-refractivity contribution < 1.29 is 24.9 Å². The Morgan fingerprint density at radius 2 is 1.63 bits per heavy atom. The van der Waals surface area contributed by atoms with Gasteiger partial charge in [0.1, 0.15) is 5.78 Å². The van der Waals surface area contributed by atoms with Crippen molar-refractivity contribution in [3.05, 3.63) is 11.1 Å². The number of fused-ring (bicyclic) bond motifs is 4. The third-order valence-electron chi connectivity index (χ3n) is 11.9. The van der Waals surface area contributed by atoms with Crippen LogP contribution >= 0.6 is 0 Å². The molecule has 0 unspecified atom stereocenters. The Hall–Kier alpha value is -1.20. The molecule has 198 valence electrons. The summed E-state index contributed by atoms with van der Waals surface area (Å²) < 4.78 is 0. The molecule has 5 nitrogen and oxygen atoms in total. The quantitative estimate of drug-likeness (QED) is 0.404. The van der Waals surface area contributed by atoms with Gasteiger partial charge in [-0.05, 0) is 99.7 Å². The number of aliphatic carboxylic acids is 1. The van der Waals surface area contributed by atoms with E-state index in [1.165, 1.54) is 0 Å². The minimum atomic E-state index is -1.23. The number of carbonyl (C=O) groups is 2. The Bertz CT molecular complexity index is 926. The molecular formula is C30H48O5. The molecule has 0 amide bonds. The molecule has 0 aliphatic heterocycles. The summed E-state index contributed by atoms with van der Waals surface area (Å²) in [5, 5.41) is 30.8. The number of allylic oxidation sites excluding steroid dienone is 2. The highest BCUT2D eigenvalue weighted by Crippen LogP contribution is 2.72. The highest BCUT2D eigenvalue weighted by Gasteiger charge is 2.64. The molecule has 0 aromatic carbocycles. The molecule has 4 aliphatic carbocycles. The van der Waals surface area contributed by atoms with E-state index in [4.69, 9.17) is 0 Å². The monoisotopic (exact) mass is 488 g/mol. The Labute approximate surface area is 211 Å². The van der Waals surface area contributed by atoms with E-state index in [9.17, 15) is 24.9 Å². The molecule has 0 aromatic heterocycles. The molecule has 35 heavy (non-hydrogen) atoms. The molecule has 0 heterocycles. The first-order valence-electron chi connectivity index (χ1n) is 13.9. The largest absolute Gasteiger partial charge is 0.481 e. The first-order valence-corrected chi connectivity index (χ1v) is 13.9. The number of Topliss-reactive ketones (excluding diaryl/α,β-unsaturated/α-hetero) is 1. The minimum Gasteiger partial charge on any atom is -0.481 e. The molecule has 2 fully saturated rings. The Balaban J connectivity index is 1.66. The van der Waals surface area contributed by atoms with Crippen molar-refractivity contribution in [2.75, 3.05) is 0 Å². The predicted molar refractivity (Wildman–Crippen MR) is 137 cm³/mol. The lowest BCUT2D eigenvalue weighted by atomic mass is 9.43. The molecule has 4 aliphatic rings. The van der Waals surface area contributed by atoms with Crippen molar-refractivity contribution in [1.29, 1.82) is 0 Å². The molecule has 7 atom stereocenters. The van der Waals surface area contributed by atoms with Crippen molar-refractivity contribution in [2.24, 2.45) is 39.4 Å². The van der Waals surface area contributed by atoms with E-state index in [1.807, 2.05) is 0 Å². The number of hydrogen-bond acceptors (Lipinski definition) is 4. The van der Waals surface area contributed by atoms with Gasteiger partial charge in [0.2, 0.25) is 0 Å². The summed E-state index contributed by atoms with van der Waals surface area (Å²) in [6, 6.07) is 0. The van der Waals surface area contributed by atoms with E-state index >= 15 is 0 Å².